The van der Waals surface area contributed by atoms with Crippen molar-refractivity contribution in [2.75, 3.05) is 26.3 Å². The third kappa shape index (κ3) is 2.05. The van der Waals surface area contributed by atoms with Crippen molar-refractivity contribution >= 4 is 21.8 Å². The Morgan fingerprint density at radius 3 is 2.92 bits per heavy atom. The quantitative estimate of drug-likeness (QED) is 0.683. The lowest BCUT2D eigenvalue weighted by molar-refractivity contribution is -0.127. The second-order valence-electron chi connectivity index (χ2n) is 3.77. The van der Waals surface area contributed by atoms with Gasteiger partial charge >= 0.3 is 0 Å². The molecule has 3 nitrogen and oxygen atoms in total. The van der Waals surface area contributed by atoms with E-state index in [-0.39, 0.29) is 10.7 Å². The Labute approximate surface area is 86.5 Å². The van der Waals surface area contributed by atoms with Crippen LogP contribution in [0.5, 0.6) is 0 Å². The third-order valence-electron chi connectivity index (χ3n) is 2.73. The van der Waals surface area contributed by atoms with Crippen LogP contribution in [0.25, 0.3) is 0 Å². The number of nitrogens with zero attached hydrogens (tertiary/aromatic N) is 1. The van der Waals surface area contributed by atoms with E-state index in [1.54, 1.807) is 0 Å². The molecular weight excluding hydrogens is 234 g/mol. The smallest absolute Gasteiger partial charge is 0.236 e. The van der Waals surface area contributed by atoms with Crippen molar-refractivity contribution in [1.29, 1.82) is 0 Å². The maximum atomic E-state index is 11.5. The zero-order valence-corrected chi connectivity index (χ0v) is 9.13. The average Bonchev–Trinajstić information content (AvgIpc) is 2.71. The van der Waals surface area contributed by atoms with Gasteiger partial charge in [0.1, 0.15) is 0 Å². The van der Waals surface area contributed by atoms with Crippen LogP contribution in [-0.2, 0) is 9.53 Å². The molecule has 2 saturated heterocycles. The highest BCUT2D eigenvalue weighted by atomic mass is 79.9. The molecule has 0 aliphatic carbocycles. The fraction of sp³-hybridized carbons (Fsp3) is 0.889. The molecule has 0 saturated carbocycles. The molecule has 0 aromatic rings. The SMILES string of the molecule is O=C1C(Br)CCN1CC1CCOC1. The average molecular weight is 248 g/mol. The number of ether oxygens (including phenoxy) is 1. The summed E-state index contributed by atoms with van der Waals surface area (Å²) in [7, 11) is 0. The summed E-state index contributed by atoms with van der Waals surface area (Å²) in [5.74, 6) is 0.827. The summed E-state index contributed by atoms with van der Waals surface area (Å²) < 4.78 is 5.28. The second-order valence-corrected chi connectivity index (χ2v) is 4.88. The van der Waals surface area contributed by atoms with Crippen molar-refractivity contribution in [2.45, 2.75) is 17.7 Å². The first-order chi connectivity index (χ1) is 6.27. The highest BCUT2D eigenvalue weighted by molar-refractivity contribution is 9.10. The minimum Gasteiger partial charge on any atom is -0.381 e. The van der Waals surface area contributed by atoms with Crippen LogP contribution in [0.1, 0.15) is 12.8 Å². The number of halogens is 1. The number of carbonyl (C=O) groups excluding carboxylic acids is 1. The van der Waals surface area contributed by atoms with Gasteiger partial charge in [0, 0.05) is 25.6 Å². The number of rotatable bonds is 2. The predicted molar refractivity (Wildman–Crippen MR) is 52.8 cm³/mol. The number of alkyl halides is 1. The number of carbonyl (C=O) groups is 1. The van der Waals surface area contributed by atoms with Gasteiger partial charge in [0.25, 0.3) is 0 Å². The number of hydrogen-bond donors (Lipinski definition) is 0. The number of hydrogen-bond acceptors (Lipinski definition) is 2. The second kappa shape index (κ2) is 3.96. The van der Waals surface area contributed by atoms with E-state index in [1.165, 1.54) is 0 Å². The van der Waals surface area contributed by atoms with Crippen LogP contribution in [0.3, 0.4) is 0 Å². The minimum absolute atomic E-state index is 0.0646. The molecule has 2 aliphatic rings. The molecule has 2 aliphatic heterocycles. The van der Waals surface area contributed by atoms with Gasteiger partial charge in [0.05, 0.1) is 11.4 Å². The Bertz CT molecular complexity index is 204. The van der Waals surface area contributed by atoms with E-state index < -0.39 is 0 Å². The lowest BCUT2D eigenvalue weighted by Gasteiger charge is -2.19. The predicted octanol–water partition coefficient (Wildman–Crippen LogP) is 1.02. The van der Waals surface area contributed by atoms with Crippen molar-refractivity contribution in [2.24, 2.45) is 5.92 Å². The molecule has 2 heterocycles. The minimum atomic E-state index is 0.0646. The molecule has 0 N–H and O–H groups in total. The van der Waals surface area contributed by atoms with Crippen LogP contribution in [-0.4, -0.2) is 41.9 Å². The Morgan fingerprint density at radius 1 is 1.54 bits per heavy atom. The van der Waals surface area contributed by atoms with Crippen molar-refractivity contribution in [3.8, 4) is 0 Å². The van der Waals surface area contributed by atoms with Gasteiger partial charge < -0.3 is 9.64 Å². The normalized spacial score (nSPS) is 34.5. The molecular formula is C9H14BrNO2. The molecule has 2 atom stereocenters. The summed E-state index contributed by atoms with van der Waals surface area (Å²) in [5.41, 5.74) is 0. The van der Waals surface area contributed by atoms with Gasteiger partial charge in [-0.05, 0) is 12.8 Å². The van der Waals surface area contributed by atoms with Crippen LogP contribution in [0.15, 0.2) is 0 Å². The highest BCUT2D eigenvalue weighted by Crippen LogP contribution is 2.22. The molecule has 2 unspecified atom stereocenters. The van der Waals surface area contributed by atoms with E-state index in [2.05, 4.69) is 15.9 Å². The third-order valence-corrected chi connectivity index (χ3v) is 3.58. The fourth-order valence-electron chi connectivity index (χ4n) is 1.92. The first-order valence-corrected chi connectivity index (χ1v) is 5.69. The molecule has 0 aromatic carbocycles. The molecule has 0 aromatic heterocycles. The van der Waals surface area contributed by atoms with E-state index in [0.717, 1.165) is 39.1 Å². The largest absolute Gasteiger partial charge is 0.381 e. The van der Waals surface area contributed by atoms with E-state index in [4.69, 9.17) is 4.74 Å². The van der Waals surface area contributed by atoms with Gasteiger partial charge in [0.2, 0.25) is 5.91 Å². The molecule has 74 valence electrons. The zero-order valence-electron chi connectivity index (χ0n) is 7.54. The molecule has 2 rings (SSSR count). The summed E-state index contributed by atoms with van der Waals surface area (Å²) in [6, 6.07) is 0. The first kappa shape index (κ1) is 9.46. The monoisotopic (exact) mass is 247 g/mol. The first-order valence-electron chi connectivity index (χ1n) is 4.78. The van der Waals surface area contributed by atoms with Crippen molar-refractivity contribution in [3.63, 3.8) is 0 Å². The molecule has 13 heavy (non-hydrogen) atoms. The standard InChI is InChI=1S/C9H14BrNO2/c10-8-1-3-11(9(8)12)5-7-2-4-13-6-7/h7-8H,1-6H2. The summed E-state index contributed by atoms with van der Waals surface area (Å²) in [6.07, 6.45) is 2.06. The number of likely N-dealkylation sites (tertiary alicyclic amines) is 1. The van der Waals surface area contributed by atoms with Gasteiger partial charge in [-0.2, -0.15) is 0 Å². The zero-order chi connectivity index (χ0) is 9.26. The summed E-state index contributed by atoms with van der Waals surface area (Å²) in [4.78, 5) is 13.6. The van der Waals surface area contributed by atoms with Crippen molar-refractivity contribution in [3.05, 3.63) is 0 Å². The summed E-state index contributed by atoms with van der Waals surface area (Å²) >= 11 is 3.37. The topological polar surface area (TPSA) is 29.5 Å². The number of amides is 1. The van der Waals surface area contributed by atoms with Crippen molar-refractivity contribution in [1.82, 2.24) is 4.90 Å². The van der Waals surface area contributed by atoms with Crippen LogP contribution in [0.2, 0.25) is 0 Å². The Hall–Kier alpha value is -0.0900. The van der Waals surface area contributed by atoms with E-state index in [0.29, 0.717) is 5.92 Å². The molecule has 4 heteroatoms. The maximum absolute atomic E-state index is 11.5. The van der Waals surface area contributed by atoms with Gasteiger partial charge in [-0.3, -0.25) is 4.79 Å². The molecule has 1 amide bonds. The van der Waals surface area contributed by atoms with Crippen molar-refractivity contribution < 1.29 is 9.53 Å². The maximum Gasteiger partial charge on any atom is 0.236 e. The van der Waals surface area contributed by atoms with Gasteiger partial charge in [0.15, 0.2) is 0 Å². The van der Waals surface area contributed by atoms with Crippen LogP contribution in [0.4, 0.5) is 0 Å². The van der Waals surface area contributed by atoms with Gasteiger partial charge in [-0.1, -0.05) is 15.9 Å². The summed E-state index contributed by atoms with van der Waals surface area (Å²) in [5, 5.41) is 0. The van der Waals surface area contributed by atoms with E-state index in [9.17, 15) is 4.79 Å². The van der Waals surface area contributed by atoms with Crippen LogP contribution >= 0.6 is 15.9 Å². The van der Waals surface area contributed by atoms with Crippen LogP contribution in [0, 0.1) is 5.92 Å². The molecule has 0 radical (unpaired) electrons. The lowest BCUT2D eigenvalue weighted by Crippen LogP contribution is -2.32. The molecule has 0 bridgehead atoms. The van der Waals surface area contributed by atoms with Gasteiger partial charge in [-0.25, -0.2) is 0 Å². The Balaban J connectivity index is 1.84. The summed E-state index contributed by atoms with van der Waals surface area (Å²) in [6.45, 7) is 3.49. The van der Waals surface area contributed by atoms with E-state index >= 15 is 0 Å². The van der Waals surface area contributed by atoms with Gasteiger partial charge in [-0.15, -0.1) is 0 Å². The Kier molecular flexibility index (Phi) is 2.89. The fourth-order valence-corrected chi connectivity index (χ4v) is 2.42. The molecule has 0 spiro atoms. The van der Waals surface area contributed by atoms with E-state index in [1.807, 2.05) is 4.90 Å². The highest BCUT2D eigenvalue weighted by Gasteiger charge is 2.31. The van der Waals surface area contributed by atoms with Crippen LogP contribution < -0.4 is 0 Å². The molecule has 2 fully saturated rings. The Morgan fingerprint density at radius 2 is 2.38 bits per heavy atom. The lowest BCUT2D eigenvalue weighted by atomic mass is 10.1.